The number of nitrogens with one attached hydrogen (secondary N) is 1. The molecule has 20 heavy (non-hydrogen) atoms. The van der Waals surface area contributed by atoms with Crippen LogP contribution in [0, 0.1) is 0 Å². The second-order valence-electron chi connectivity index (χ2n) is 5.77. The van der Waals surface area contributed by atoms with Crippen LogP contribution in [-0.2, 0) is 0 Å². The number of H-pyrrole nitrogens is 1. The van der Waals surface area contributed by atoms with E-state index in [-0.39, 0.29) is 30.2 Å². The van der Waals surface area contributed by atoms with Crippen LogP contribution in [0.2, 0.25) is 0 Å². The molecule has 108 valence electrons. The zero-order valence-electron chi connectivity index (χ0n) is 11.4. The Morgan fingerprint density at radius 1 is 1.50 bits per heavy atom. The topological polar surface area (TPSA) is 45.8 Å². The van der Waals surface area contributed by atoms with Gasteiger partial charge in [0, 0.05) is 18.8 Å². The first-order chi connectivity index (χ1) is 9.37. The van der Waals surface area contributed by atoms with E-state index in [1.165, 1.54) is 11.3 Å². The fourth-order valence-electron chi connectivity index (χ4n) is 2.79. The Morgan fingerprint density at radius 2 is 2.25 bits per heavy atom. The molecule has 2 aromatic rings. The lowest BCUT2D eigenvalue weighted by Gasteiger charge is -2.10. The fraction of sp³-hybridized carbons (Fsp3) is 0.571. The lowest BCUT2D eigenvalue weighted by Crippen LogP contribution is -2.15. The monoisotopic (exact) mass is 298 g/mol. The standard InChI is InChI=1S/C14H16F2N2OS/c1-7(2)9-6-20-13-10(9)12(19)17-11(18-13)8-3-4-14(15,16)5-8/h6-8H,3-5H2,1-2H3,(H,17,18,19)/t8-/m0/s1. The smallest absolute Gasteiger partial charge is 0.259 e. The van der Waals surface area contributed by atoms with Crippen molar-refractivity contribution in [1.82, 2.24) is 9.97 Å². The molecule has 3 nitrogen and oxygen atoms in total. The minimum Gasteiger partial charge on any atom is -0.310 e. The Morgan fingerprint density at radius 3 is 2.85 bits per heavy atom. The number of rotatable bonds is 2. The number of hydrogen-bond acceptors (Lipinski definition) is 3. The van der Waals surface area contributed by atoms with Gasteiger partial charge in [-0.3, -0.25) is 4.79 Å². The zero-order valence-corrected chi connectivity index (χ0v) is 12.2. The highest BCUT2D eigenvalue weighted by Gasteiger charge is 2.41. The Balaban J connectivity index is 2.06. The van der Waals surface area contributed by atoms with E-state index >= 15 is 0 Å². The minimum absolute atomic E-state index is 0.124. The van der Waals surface area contributed by atoms with Gasteiger partial charge >= 0.3 is 0 Å². The summed E-state index contributed by atoms with van der Waals surface area (Å²) < 4.78 is 26.6. The summed E-state index contributed by atoms with van der Waals surface area (Å²) in [6.07, 6.45) is 0.0365. The van der Waals surface area contributed by atoms with Crippen LogP contribution < -0.4 is 5.56 Å². The van der Waals surface area contributed by atoms with Gasteiger partial charge in [0.25, 0.3) is 5.56 Å². The maximum Gasteiger partial charge on any atom is 0.259 e. The number of aromatic nitrogens is 2. The summed E-state index contributed by atoms with van der Waals surface area (Å²) in [6.45, 7) is 4.04. The first-order valence-electron chi connectivity index (χ1n) is 6.76. The van der Waals surface area contributed by atoms with Crippen LogP contribution >= 0.6 is 11.3 Å². The molecule has 0 spiro atoms. The second kappa shape index (κ2) is 4.62. The molecular formula is C14H16F2N2OS. The van der Waals surface area contributed by atoms with Crippen molar-refractivity contribution >= 4 is 21.6 Å². The lowest BCUT2D eigenvalue weighted by atomic mass is 10.0. The molecule has 1 fully saturated rings. The molecule has 0 saturated heterocycles. The first kappa shape index (κ1) is 13.7. The summed E-state index contributed by atoms with van der Waals surface area (Å²) >= 11 is 1.41. The van der Waals surface area contributed by atoms with Gasteiger partial charge in [-0.15, -0.1) is 11.3 Å². The van der Waals surface area contributed by atoms with Crippen molar-refractivity contribution in [3.63, 3.8) is 0 Å². The van der Waals surface area contributed by atoms with Gasteiger partial charge in [-0.25, -0.2) is 13.8 Å². The van der Waals surface area contributed by atoms with E-state index in [2.05, 4.69) is 9.97 Å². The molecule has 1 aliphatic carbocycles. The van der Waals surface area contributed by atoms with Gasteiger partial charge in [-0.2, -0.15) is 0 Å². The number of hydrogen-bond donors (Lipinski definition) is 1. The number of thiophene rings is 1. The molecule has 0 amide bonds. The normalized spacial score (nSPS) is 21.9. The highest BCUT2D eigenvalue weighted by Crippen LogP contribution is 2.43. The van der Waals surface area contributed by atoms with Crippen LogP contribution in [0.5, 0.6) is 0 Å². The fourth-order valence-corrected chi connectivity index (χ4v) is 3.90. The highest BCUT2D eigenvalue weighted by molar-refractivity contribution is 7.16. The maximum absolute atomic E-state index is 13.3. The molecule has 1 atom stereocenters. The third-order valence-electron chi connectivity index (χ3n) is 3.90. The first-order valence-corrected chi connectivity index (χ1v) is 7.64. The van der Waals surface area contributed by atoms with Crippen molar-refractivity contribution < 1.29 is 8.78 Å². The molecule has 3 rings (SSSR count). The third-order valence-corrected chi connectivity index (χ3v) is 4.79. The van der Waals surface area contributed by atoms with Crippen molar-refractivity contribution in [1.29, 1.82) is 0 Å². The summed E-state index contributed by atoms with van der Waals surface area (Å²) in [4.78, 5) is 20.0. The van der Waals surface area contributed by atoms with E-state index in [4.69, 9.17) is 0 Å². The van der Waals surface area contributed by atoms with E-state index in [0.717, 1.165) is 5.56 Å². The molecule has 0 radical (unpaired) electrons. The van der Waals surface area contributed by atoms with Crippen LogP contribution in [0.4, 0.5) is 8.78 Å². The number of alkyl halides is 2. The Labute approximate surface area is 119 Å². The number of halogens is 2. The summed E-state index contributed by atoms with van der Waals surface area (Å²) in [6, 6.07) is 0. The van der Waals surface area contributed by atoms with Gasteiger partial charge < -0.3 is 4.98 Å². The minimum atomic E-state index is -2.63. The van der Waals surface area contributed by atoms with Gasteiger partial charge in [0.15, 0.2) is 0 Å². The molecule has 1 aliphatic rings. The van der Waals surface area contributed by atoms with Gasteiger partial charge in [0.05, 0.1) is 5.39 Å². The molecule has 1 saturated carbocycles. The van der Waals surface area contributed by atoms with Crippen molar-refractivity contribution in [2.24, 2.45) is 0 Å². The summed E-state index contributed by atoms with van der Waals surface area (Å²) in [5.74, 6) is -2.31. The van der Waals surface area contributed by atoms with Gasteiger partial charge in [-0.05, 0) is 23.3 Å². The summed E-state index contributed by atoms with van der Waals surface area (Å²) in [7, 11) is 0. The van der Waals surface area contributed by atoms with Gasteiger partial charge in [0.2, 0.25) is 5.92 Å². The maximum atomic E-state index is 13.3. The zero-order chi connectivity index (χ0) is 14.5. The molecule has 2 heterocycles. The highest BCUT2D eigenvalue weighted by atomic mass is 32.1. The molecular weight excluding hydrogens is 282 g/mol. The molecule has 0 aliphatic heterocycles. The largest absolute Gasteiger partial charge is 0.310 e. The molecule has 0 unspecified atom stereocenters. The van der Waals surface area contributed by atoms with Gasteiger partial charge in [0.1, 0.15) is 10.7 Å². The third kappa shape index (κ3) is 2.26. The van der Waals surface area contributed by atoms with E-state index < -0.39 is 5.92 Å². The molecule has 2 aromatic heterocycles. The predicted molar refractivity (Wildman–Crippen MR) is 75.9 cm³/mol. The van der Waals surface area contributed by atoms with E-state index in [1.54, 1.807) is 0 Å². The Hall–Kier alpha value is -1.30. The molecule has 0 bridgehead atoms. The Kier molecular flexibility index (Phi) is 3.16. The van der Waals surface area contributed by atoms with Crippen LogP contribution in [0.15, 0.2) is 10.2 Å². The summed E-state index contributed by atoms with van der Waals surface area (Å²) in [5.41, 5.74) is 0.771. The number of fused-ring (bicyclic) bond motifs is 1. The van der Waals surface area contributed by atoms with Crippen molar-refractivity contribution in [3.8, 4) is 0 Å². The molecule has 6 heteroatoms. The molecule has 1 N–H and O–H groups in total. The van der Waals surface area contributed by atoms with E-state index in [0.29, 0.717) is 22.5 Å². The van der Waals surface area contributed by atoms with Crippen molar-refractivity contribution in [2.75, 3.05) is 0 Å². The van der Waals surface area contributed by atoms with Crippen LogP contribution in [0.3, 0.4) is 0 Å². The van der Waals surface area contributed by atoms with Crippen molar-refractivity contribution in [3.05, 3.63) is 27.1 Å². The average molecular weight is 298 g/mol. The SMILES string of the molecule is CC(C)c1csc2nc([C@H]3CCC(F)(F)C3)[nH]c(=O)c12. The van der Waals surface area contributed by atoms with Crippen LogP contribution in [0.1, 0.15) is 56.3 Å². The number of aromatic amines is 1. The van der Waals surface area contributed by atoms with Crippen molar-refractivity contribution in [2.45, 2.75) is 50.9 Å². The summed E-state index contributed by atoms with van der Waals surface area (Å²) in [5, 5.41) is 2.54. The lowest BCUT2D eigenvalue weighted by molar-refractivity contribution is 0.00754. The van der Waals surface area contributed by atoms with E-state index in [1.807, 2.05) is 19.2 Å². The predicted octanol–water partition coefficient (Wildman–Crippen LogP) is 4.01. The Bertz CT molecular complexity index is 705. The van der Waals surface area contributed by atoms with Gasteiger partial charge in [-0.1, -0.05) is 13.8 Å². The van der Waals surface area contributed by atoms with E-state index in [9.17, 15) is 13.6 Å². The quantitative estimate of drug-likeness (QED) is 0.910. The number of nitrogens with zero attached hydrogens (tertiary/aromatic N) is 1. The second-order valence-corrected chi connectivity index (χ2v) is 6.63. The molecule has 0 aromatic carbocycles. The van der Waals surface area contributed by atoms with Crippen LogP contribution in [-0.4, -0.2) is 15.9 Å². The average Bonchev–Trinajstić information content (AvgIpc) is 2.92. The van der Waals surface area contributed by atoms with Crippen LogP contribution in [0.25, 0.3) is 10.2 Å².